The van der Waals surface area contributed by atoms with Gasteiger partial charge in [-0.1, -0.05) is 12.1 Å². The van der Waals surface area contributed by atoms with E-state index >= 15 is 0 Å². The van der Waals surface area contributed by atoms with E-state index in [0.717, 1.165) is 6.42 Å². The van der Waals surface area contributed by atoms with Crippen molar-refractivity contribution < 1.29 is 4.79 Å². The molecule has 1 aromatic rings. The van der Waals surface area contributed by atoms with E-state index in [0.29, 0.717) is 6.54 Å². The first-order valence-electron chi connectivity index (χ1n) is 5.29. The van der Waals surface area contributed by atoms with Crippen molar-refractivity contribution in [2.24, 2.45) is 0 Å². The molecule has 0 saturated heterocycles. The molecule has 3 heteroatoms. The summed E-state index contributed by atoms with van der Waals surface area (Å²) in [5.41, 5.74) is 4.99. The average molecular weight is 216 g/mol. The first-order valence-corrected chi connectivity index (χ1v) is 5.29. The molecule has 0 unspecified atom stereocenters. The van der Waals surface area contributed by atoms with E-state index in [1.54, 1.807) is 0 Å². The second kappa shape index (κ2) is 5.32. The van der Waals surface area contributed by atoms with E-state index in [1.165, 1.54) is 28.3 Å². The second-order valence-corrected chi connectivity index (χ2v) is 3.98. The number of amides is 1. The Morgan fingerprint density at radius 1 is 1.25 bits per heavy atom. The molecule has 3 nitrogen and oxygen atoms in total. The number of hydrogen-bond acceptors (Lipinski definition) is 2. The predicted molar refractivity (Wildman–Crippen MR) is 63.0 cm³/mol. The van der Waals surface area contributed by atoms with Gasteiger partial charge in [0.05, 0.1) is 0 Å². The fourth-order valence-electron chi connectivity index (χ4n) is 1.64. The van der Waals surface area contributed by atoms with Gasteiger partial charge in [-0.2, -0.15) is 5.26 Å². The number of carbonyl (C=O) groups is 1. The molecule has 0 bridgehead atoms. The summed E-state index contributed by atoms with van der Waals surface area (Å²) in [4.78, 5) is 10.7. The third kappa shape index (κ3) is 3.09. The van der Waals surface area contributed by atoms with Crippen molar-refractivity contribution in [1.82, 2.24) is 5.32 Å². The van der Waals surface area contributed by atoms with Gasteiger partial charge >= 0.3 is 5.91 Å². The van der Waals surface area contributed by atoms with Crippen LogP contribution in [0.25, 0.3) is 0 Å². The number of aryl methyl sites for hydroxylation is 3. The molecule has 1 N–H and O–H groups in total. The van der Waals surface area contributed by atoms with Crippen LogP contribution in [0, 0.1) is 32.1 Å². The third-order valence-corrected chi connectivity index (χ3v) is 2.73. The molecule has 0 spiro atoms. The number of carbonyl (C=O) groups excluding carboxylic acids is 1. The minimum absolute atomic E-state index is 0.510. The Bertz CT molecular complexity index is 444. The van der Waals surface area contributed by atoms with Crippen molar-refractivity contribution >= 4 is 5.91 Å². The summed E-state index contributed by atoms with van der Waals surface area (Å²) in [6.45, 7) is 6.74. The Hall–Kier alpha value is -1.82. The highest BCUT2D eigenvalue weighted by Crippen LogP contribution is 2.15. The van der Waals surface area contributed by atoms with Crippen LogP contribution in [0.1, 0.15) is 22.3 Å². The van der Waals surface area contributed by atoms with Crippen molar-refractivity contribution in [3.05, 3.63) is 34.4 Å². The highest BCUT2D eigenvalue weighted by atomic mass is 16.1. The lowest BCUT2D eigenvalue weighted by Crippen LogP contribution is -2.24. The molecular weight excluding hydrogens is 200 g/mol. The molecule has 0 aromatic heterocycles. The molecule has 16 heavy (non-hydrogen) atoms. The van der Waals surface area contributed by atoms with Gasteiger partial charge in [-0.05, 0) is 49.4 Å². The van der Waals surface area contributed by atoms with E-state index in [1.807, 2.05) is 0 Å². The monoisotopic (exact) mass is 216 g/mol. The van der Waals surface area contributed by atoms with Gasteiger partial charge < -0.3 is 5.32 Å². The van der Waals surface area contributed by atoms with Crippen LogP contribution in [-0.4, -0.2) is 12.5 Å². The molecule has 1 aromatic carbocycles. The number of rotatable bonds is 3. The molecule has 0 saturated carbocycles. The zero-order valence-corrected chi connectivity index (χ0v) is 9.92. The zero-order chi connectivity index (χ0) is 12.1. The van der Waals surface area contributed by atoms with E-state index in [-0.39, 0.29) is 0 Å². The summed E-state index contributed by atoms with van der Waals surface area (Å²) in [6, 6.07) is 5.83. The molecule has 1 amide bonds. The summed E-state index contributed by atoms with van der Waals surface area (Å²) in [7, 11) is 0. The van der Waals surface area contributed by atoms with Crippen LogP contribution in [0.15, 0.2) is 12.1 Å². The second-order valence-electron chi connectivity index (χ2n) is 3.98. The van der Waals surface area contributed by atoms with Crippen LogP contribution in [0.3, 0.4) is 0 Å². The number of nitrogens with zero attached hydrogens (tertiary/aromatic N) is 1. The number of benzene rings is 1. The van der Waals surface area contributed by atoms with Crippen molar-refractivity contribution in [2.75, 3.05) is 6.54 Å². The van der Waals surface area contributed by atoms with Gasteiger partial charge in [-0.25, -0.2) is 0 Å². The Labute approximate surface area is 96.1 Å². The summed E-state index contributed by atoms with van der Waals surface area (Å²) in [5, 5.41) is 10.8. The van der Waals surface area contributed by atoms with Crippen LogP contribution in [0.4, 0.5) is 0 Å². The largest absolute Gasteiger partial charge is 0.343 e. The lowest BCUT2D eigenvalue weighted by Gasteiger charge is -2.09. The normalized spacial score (nSPS) is 9.62. The van der Waals surface area contributed by atoms with Gasteiger partial charge in [-0.3, -0.25) is 4.79 Å². The van der Waals surface area contributed by atoms with E-state index < -0.39 is 5.91 Å². The van der Waals surface area contributed by atoms with E-state index in [4.69, 9.17) is 5.26 Å². The fourth-order valence-corrected chi connectivity index (χ4v) is 1.64. The minimum Gasteiger partial charge on any atom is -0.343 e. The lowest BCUT2D eigenvalue weighted by atomic mass is 9.99. The zero-order valence-electron chi connectivity index (χ0n) is 9.92. The predicted octanol–water partition coefficient (Wildman–Crippen LogP) is 1.79. The van der Waals surface area contributed by atoms with Crippen molar-refractivity contribution in [3.63, 3.8) is 0 Å². The van der Waals surface area contributed by atoms with Crippen LogP contribution >= 0.6 is 0 Å². The molecule has 0 aliphatic heterocycles. The maximum absolute atomic E-state index is 10.7. The van der Waals surface area contributed by atoms with E-state index in [2.05, 4.69) is 38.2 Å². The summed E-state index contributed by atoms with van der Waals surface area (Å²) in [5.74, 6) is -0.568. The molecule has 0 aliphatic carbocycles. The number of hydrogen-bond donors (Lipinski definition) is 1. The first kappa shape index (κ1) is 12.3. The molecule has 0 aliphatic rings. The maximum Gasteiger partial charge on any atom is 0.322 e. The van der Waals surface area contributed by atoms with Crippen molar-refractivity contribution in [1.29, 1.82) is 5.26 Å². The fraction of sp³-hybridized carbons (Fsp3) is 0.385. The van der Waals surface area contributed by atoms with Gasteiger partial charge in [0.2, 0.25) is 0 Å². The Morgan fingerprint density at radius 2 is 1.88 bits per heavy atom. The topological polar surface area (TPSA) is 52.9 Å². The molecule has 84 valence electrons. The van der Waals surface area contributed by atoms with Crippen LogP contribution in [-0.2, 0) is 11.2 Å². The van der Waals surface area contributed by atoms with Crippen molar-refractivity contribution in [3.8, 4) is 6.07 Å². The van der Waals surface area contributed by atoms with E-state index in [9.17, 15) is 4.79 Å². The highest BCUT2D eigenvalue weighted by molar-refractivity contribution is 5.91. The Morgan fingerprint density at radius 3 is 2.50 bits per heavy atom. The minimum atomic E-state index is -0.568. The highest BCUT2D eigenvalue weighted by Gasteiger charge is 2.03. The van der Waals surface area contributed by atoms with Crippen LogP contribution in [0.5, 0.6) is 0 Å². The smallest absolute Gasteiger partial charge is 0.322 e. The van der Waals surface area contributed by atoms with Crippen LogP contribution in [0.2, 0.25) is 0 Å². The summed E-state index contributed by atoms with van der Waals surface area (Å²) in [6.07, 6.45) is 0.764. The van der Waals surface area contributed by atoms with Gasteiger partial charge in [-0.15, -0.1) is 0 Å². The quantitative estimate of drug-likeness (QED) is 0.783. The maximum atomic E-state index is 10.7. The molecule has 0 heterocycles. The van der Waals surface area contributed by atoms with Gasteiger partial charge in [0.15, 0.2) is 6.07 Å². The molecule has 0 fully saturated rings. The number of nitrogens with one attached hydrogen (secondary N) is 1. The first-order chi connectivity index (χ1) is 7.54. The van der Waals surface area contributed by atoms with Gasteiger partial charge in [0.1, 0.15) is 0 Å². The lowest BCUT2D eigenvalue weighted by molar-refractivity contribution is -0.115. The molecule has 1 rings (SSSR count). The van der Waals surface area contributed by atoms with Crippen molar-refractivity contribution in [2.45, 2.75) is 27.2 Å². The summed E-state index contributed by atoms with van der Waals surface area (Å²) < 4.78 is 0. The molecule has 0 radical (unpaired) electrons. The van der Waals surface area contributed by atoms with Gasteiger partial charge in [0, 0.05) is 6.54 Å². The van der Waals surface area contributed by atoms with Crippen LogP contribution < -0.4 is 5.32 Å². The molecular formula is C13H16N2O. The SMILES string of the molecule is Cc1cc(C)c(CCNC(=O)C#N)cc1C. The Balaban J connectivity index is 2.65. The third-order valence-electron chi connectivity index (χ3n) is 2.73. The molecule has 0 atom stereocenters. The van der Waals surface area contributed by atoms with Gasteiger partial charge in [0.25, 0.3) is 0 Å². The number of nitriles is 1. The Kier molecular flexibility index (Phi) is 4.07. The average Bonchev–Trinajstić information content (AvgIpc) is 2.25. The summed E-state index contributed by atoms with van der Waals surface area (Å²) >= 11 is 0. The standard InChI is InChI=1S/C13H16N2O/c1-9-6-11(3)12(7-10(9)2)4-5-15-13(16)8-14/h6-7H,4-5H2,1-3H3,(H,15,16).